The maximum atomic E-state index is 12.4. The predicted molar refractivity (Wildman–Crippen MR) is 83.7 cm³/mol. The second-order valence-corrected chi connectivity index (χ2v) is 4.84. The van der Waals surface area contributed by atoms with Gasteiger partial charge in [-0.1, -0.05) is 0 Å². The molecule has 1 aromatic carbocycles. The summed E-state index contributed by atoms with van der Waals surface area (Å²) in [5, 5.41) is 8.77. The van der Waals surface area contributed by atoms with Gasteiger partial charge in [-0.3, -0.25) is 14.2 Å². The highest BCUT2D eigenvalue weighted by Crippen LogP contribution is 2.17. The highest BCUT2D eigenvalue weighted by atomic mass is 16.5. The van der Waals surface area contributed by atoms with Crippen molar-refractivity contribution in [2.45, 2.75) is 6.54 Å². The number of hydrogen-bond donors (Lipinski definition) is 1. The molecule has 0 spiro atoms. The first-order valence-electron chi connectivity index (χ1n) is 6.91. The molecule has 0 amide bonds. The van der Waals surface area contributed by atoms with Crippen LogP contribution in [0.5, 0.6) is 11.5 Å². The Hall–Kier alpha value is -3.73. The fraction of sp³-hybridized carbons (Fsp3) is 0.0625. The molecule has 0 radical (unpaired) electrons. The summed E-state index contributed by atoms with van der Waals surface area (Å²) >= 11 is 0. The van der Waals surface area contributed by atoms with Crippen LogP contribution in [0.4, 0.5) is 0 Å². The quantitative estimate of drug-likeness (QED) is 0.768. The van der Waals surface area contributed by atoms with Gasteiger partial charge in [0.15, 0.2) is 0 Å². The van der Waals surface area contributed by atoms with Gasteiger partial charge >= 0.3 is 0 Å². The first-order chi connectivity index (χ1) is 11.7. The molecule has 2 heterocycles. The molecule has 118 valence electrons. The van der Waals surface area contributed by atoms with Crippen LogP contribution in [0.1, 0.15) is 11.1 Å². The van der Waals surface area contributed by atoms with Gasteiger partial charge in [0.25, 0.3) is 11.1 Å². The second kappa shape index (κ2) is 6.58. The zero-order chi connectivity index (χ0) is 16.9. The largest absolute Gasteiger partial charge is 0.450 e. The van der Waals surface area contributed by atoms with Gasteiger partial charge in [-0.15, -0.1) is 0 Å². The predicted octanol–water partition coefficient (Wildman–Crippen LogP) is 1.04. The zero-order valence-electron chi connectivity index (χ0n) is 12.3. The number of aromatic nitrogens is 4. The molecule has 0 saturated heterocycles. The van der Waals surface area contributed by atoms with Crippen molar-refractivity contribution in [3.8, 4) is 17.6 Å². The third kappa shape index (κ3) is 3.20. The fourth-order valence-corrected chi connectivity index (χ4v) is 2.01. The van der Waals surface area contributed by atoms with E-state index in [1.807, 2.05) is 6.07 Å². The number of benzene rings is 1. The molecule has 8 heteroatoms. The number of hydrogen-bond acceptors (Lipinski definition) is 6. The van der Waals surface area contributed by atoms with Gasteiger partial charge in [-0.25, -0.2) is 9.97 Å². The van der Waals surface area contributed by atoms with E-state index in [0.29, 0.717) is 16.9 Å². The van der Waals surface area contributed by atoms with Gasteiger partial charge in [0.2, 0.25) is 5.75 Å². The summed E-state index contributed by atoms with van der Waals surface area (Å²) in [5.41, 5.74) is 0.0617. The van der Waals surface area contributed by atoms with Crippen molar-refractivity contribution in [1.82, 2.24) is 19.5 Å². The highest BCUT2D eigenvalue weighted by molar-refractivity contribution is 5.36. The Kier molecular flexibility index (Phi) is 4.16. The Morgan fingerprint density at radius 1 is 1.17 bits per heavy atom. The summed E-state index contributed by atoms with van der Waals surface area (Å²) in [6.07, 6.45) is 5.28. The summed E-state index contributed by atoms with van der Waals surface area (Å²) < 4.78 is 6.77. The minimum absolute atomic E-state index is 0.0162. The maximum Gasteiger partial charge on any atom is 0.296 e. The first-order valence-corrected chi connectivity index (χ1v) is 6.91. The van der Waals surface area contributed by atoms with Gasteiger partial charge in [0, 0.05) is 6.20 Å². The summed E-state index contributed by atoms with van der Waals surface area (Å²) in [5.74, 6) is 0.424. The third-order valence-corrected chi connectivity index (χ3v) is 3.21. The lowest BCUT2D eigenvalue weighted by Crippen LogP contribution is -2.25. The molecule has 0 aliphatic carbocycles. The Labute approximate surface area is 135 Å². The topological polar surface area (TPSA) is 114 Å². The number of H-pyrrole nitrogens is 1. The molecule has 0 saturated carbocycles. The van der Waals surface area contributed by atoms with Crippen LogP contribution in [0.25, 0.3) is 0 Å². The number of rotatable bonds is 4. The molecule has 0 fully saturated rings. The van der Waals surface area contributed by atoms with E-state index < -0.39 is 5.56 Å². The fourth-order valence-electron chi connectivity index (χ4n) is 2.01. The van der Waals surface area contributed by atoms with Crippen molar-refractivity contribution in [1.29, 1.82) is 5.26 Å². The lowest BCUT2D eigenvalue weighted by atomic mass is 10.2. The summed E-state index contributed by atoms with van der Waals surface area (Å²) in [6, 6.07) is 8.33. The number of nitrogens with one attached hydrogen (secondary N) is 1. The smallest absolute Gasteiger partial charge is 0.296 e. The minimum atomic E-state index is -0.433. The average molecular weight is 321 g/mol. The van der Waals surface area contributed by atoms with Crippen molar-refractivity contribution in [3.63, 3.8) is 0 Å². The van der Waals surface area contributed by atoms with Crippen LogP contribution in [0, 0.1) is 11.3 Å². The molecule has 3 rings (SSSR count). The van der Waals surface area contributed by atoms with Crippen LogP contribution in [-0.2, 0) is 6.54 Å². The van der Waals surface area contributed by atoms with E-state index in [4.69, 9.17) is 10.00 Å². The monoisotopic (exact) mass is 321 g/mol. The van der Waals surface area contributed by atoms with Crippen LogP contribution in [0.15, 0.2) is 58.9 Å². The lowest BCUT2D eigenvalue weighted by molar-refractivity contribution is 0.463. The van der Waals surface area contributed by atoms with E-state index >= 15 is 0 Å². The van der Waals surface area contributed by atoms with Gasteiger partial charge in [0.05, 0.1) is 42.6 Å². The minimum Gasteiger partial charge on any atom is -0.450 e. The van der Waals surface area contributed by atoms with E-state index in [1.54, 1.807) is 24.3 Å². The summed E-state index contributed by atoms with van der Waals surface area (Å²) in [7, 11) is 0. The second-order valence-electron chi connectivity index (χ2n) is 4.84. The van der Waals surface area contributed by atoms with Crippen molar-refractivity contribution in [2.75, 3.05) is 0 Å². The van der Waals surface area contributed by atoms with Crippen LogP contribution < -0.4 is 15.9 Å². The van der Waals surface area contributed by atoms with E-state index in [1.165, 1.54) is 29.6 Å². The van der Waals surface area contributed by atoms with Crippen LogP contribution in [-0.4, -0.2) is 19.5 Å². The molecule has 0 bridgehead atoms. The summed E-state index contributed by atoms with van der Waals surface area (Å²) in [4.78, 5) is 34.3. The Balaban J connectivity index is 1.88. The Bertz CT molecular complexity index is 1020. The molecule has 24 heavy (non-hydrogen) atoms. The lowest BCUT2D eigenvalue weighted by Gasteiger charge is -2.08. The molecule has 1 N–H and O–H groups in total. The molecular formula is C16H11N5O3. The van der Waals surface area contributed by atoms with Crippen LogP contribution >= 0.6 is 0 Å². The normalized spacial score (nSPS) is 10.1. The number of aromatic amines is 1. The van der Waals surface area contributed by atoms with Crippen molar-refractivity contribution < 1.29 is 4.74 Å². The van der Waals surface area contributed by atoms with Crippen molar-refractivity contribution in [3.05, 3.63) is 81.1 Å². The van der Waals surface area contributed by atoms with E-state index in [9.17, 15) is 9.59 Å². The Morgan fingerprint density at radius 2 is 1.96 bits per heavy atom. The van der Waals surface area contributed by atoms with Crippen molar-refractivity contribution >= 4 is 0 Å². The van der Waals surface area contributed by atoms with Gasteiger partial charge in [-0.2, -0.15) is 5.26 Å². The molecule has 2 aromatic heterocycles. The van der Waals surface area contributed by atoms with Crippen LogP contribution in [0.3, 0.4) is 0 Å². The van der Waals surface area contributed by atoms with E-state index in [0.717, 1.165) is 0 Å². The van der Waals surface area contributed by atoms with Gasteiger partial charge in [0.1, 0.15) is 5.75 Å². The molecule has 3 aromatic rings. The standard InChI is InChI=1S/C16H11N5O3/c17-5-11-1-3-13(4-2-11)24-14-7-19-10-21(16(14)23)8-12-6-18-9-20-15(12)22/h1-4,6-7,9-10H,8H2,(H,18,20,22). The van der Waals surface area contributed by atoms with E-state index in [-0.39, 0.29) is 17.9 Å². The molecule has 0 unspecified atom stereocenters. The molecule has 0 aliphatic rings. The number of nitriles is 1. The molecule has 0 aliphatic heterocycles. The summed E-state index contributed by atoms with van der Waals surface area (Å²) in [6.45, 7) is 0.0274. The van der Waals surface area contributed by atoms with E-state index in [2.05, 4.69) is 15.0 Å². The van der Waals surface area contributed by atoms with Crippen LogP contribution in [0.2, 0.25) is 0 Å². The average Bonchev–Trinajstić information content (AvgIpc) is 2.61. The molecular weight excluding hydrogens is 310 g/mol. The third-order valence-electron chi connectivity index (χ3n) is 3.21. The Morgan fingerprint density at radius 3 is 2.67 bits per heavy atom. The first kappa shape index (κ1) is 15.2. The molecule has 0 atom stereocenters. The number of nitrogens with zero attached hydrogens (tertiary/aromatic N) is 4. The maximum absolute atomic E-state index is 12.4. The SMILES string of the molecule is N#Cc1ccc(Oc2cncn(Cc3cnc[nH]c3=O)c2=O)cc1. The highest BCUT2D eigenvalue weighted by Gasteiger charge is 2.09. The van der Waals surface area contributed by atoms with Gasteiger partial charge < -0.3 is 9.72 Å². The zero-order valence-corrected chi connectivity index (χ0v) is 12.3. The van der Waals surface area contributed by atoms with Crippen molar-refractivity contribution in [2.24, 2.45) is 0 Å². The number of ether oxygens (including phenoxy) is 1. The molecule has 8 nitrogen and oxygen atoms in total. The van der Waals surface area contributed by atoms with Gasteiger partial charge in [-0.05, 0) is 24.3 Å².